The van der Waals surface area contributed by atoms with Crippen molar-refractivity contribution in [1.29, 1.82) is 0 Å². The highest BCUT2D eigenvalue weighted by Gasteiger charge is 2.45. The van der Waals surface area contributed by atoms with E-state index < -0.39 is 0 Å². The molecule has 17 heavy (non-hydrogen) atoms. The Hall–Kier alpha value is -0.760. The molecule has 1 atom stereocenters. The highest BCUT2D eigenvalue weighted by Crippen LogP contribution is 2.51. The largest absolute Gasteiger partial charge is 0.469 e. The Morgan fingerprint density at radius 2 is 2.29 bits per heavy atom. The zero-order valence-corrected chi connectivity index (χ0v) is 11.0. The highest BCUT2D eigenvalue weighted by atomic mass is 16.3. The molecule has 3 rings (SSSR count). The number of nitrogens with one attached hydrogen (secondary N) is 1. The normalized spacial score (nSPS) is 25.9. The van der Waals surface area contributed by atoms with E-state index in [1.807, 2.05) is 6.26 Å². The van der Waals surface area contributed by atoms with Gasteiger partial charge in [-0.25, -0.2) is 0 Å². The van der Waals surface area contributed by atoms with Gasteiger partial charge < -0.3 is 9.73 Å². The molecule has 1 N–H and O–H groups in total. The lowest BCUT2D eigenvalue weighted by Crippen LogP contribution is -2.32. The summed E-state index contributed by atoms with van der Waals surface area (Å²) in [6.07, 6.45) is 8.30. The van der Waals surface area contributed by atoms with Gasteiger partial charge in [-0.05, 0) is 43.1 Å². The lowest BCUT2D eigenvalue weighted by molar-refractivity contribution is 0.307. The van der Waals surface area contributed by atoms with Crippen molar-refractivity contribution in [2.45, 2.75) is 52.0 Å². The number of aryl methyl sites for hydroxylation is 1. The van der Waals surface area contributed by atoms with Gasteiger partial charge in [-0.1, -0.05) is 13.8 Å². The molecule has 0 aromatic carbocycles. The maximum absolute atomic E-state index is 5.54. The second-order valence-electron chi connectivity index (χ2n) is 6.14. The maximum Gasteiger partial charge on any atom is 0.108 e. The van der Waals surface area contributed by atoms with E-state index in [0.717, 1.165) is 12.3 Å². The van der Waals surface area contributed by atoms with Crippen molar-refractivity contribution in [3.05, 3.63) is 23.7 Å². The minimum Gasteiger partial charge on any atom is -0.469 e. The summed E-state index contributed by atoms with van der Waals surface area (Å²) in [6, 6.07) is 2.69. The summed E-state index contributed by atoms with van der Waals surface area (Å²) in [4.78, 5) is 0. The van der Waals surface area contributed by atoms with Crippen molar-refractivity contribution in [2.24, 2.45) is 11.3 Å². The van der Waals surface area contributed by atoms with Crippen molar-refractivity contribution in [3.8, 4) is 0 Å². The molecule has 0 bridgehead atoms. The Morgan fingerprint density at radius 3 is 3.00 bits per heavy atom. The lowest BCUT2D eigenvalue weighted by Gasteiger charge is -2.27. The Kier molecular flexibility index (Phi) is 2.78. The first-order valence-electron chi connectivity index (χ1n) is 7.01. The zero-order valence-electron chi connectivity index (χ0n) is 11.0. The first-order valence-corrected chi connectivity index (χ1v) is 7.01. The van der Waals surface area contributed by atoms with E-state index in [0.29, 0.717) is 11.5 Å². The summed E-state index contributed by atoms with van der Waals surface area (Å²) in [7, 11) is 0. The number of fused-ring (bicyclic) bond motifs is 1. The van der Waals surface area contributed by atoms with E-state index in [2.05, 4.69) is 25.2 Å². The molecule has 1 aromatic heterocycles. The number of hydrogen-bond donors (Lipinski definition) is 1. The van der Waals surface area contributed by atoms with E-state index in [-0.39, 0.29) is 0 Å². The van der Waals surface area contributed by atoms with E-state index in [1.54, 1.807) is 0 Å². The third kappa shape index (κ3) is 2.03. The smallest absolute Gasteiger partial charge is 0.108 e. The van der Waals surface area contributed by atoms with Crippen molar-refractivity contribution in [3.63, 3.8) is 0 Å². The molecule has 2 aliphatic rings. The van der Waals surface area contributed by atoms with Crippen LogP contribution in [-0.4, -0.2) is 6.54 Å². The van der Waals surface area contributed by atoms with Crippen molar-refractivity contribution in [1.82, 2.24) is 5.32 Å². The summed E-state index contributed by atoms with van der Waals surface area (Å²) < 4.78 is 5.54. The number of hydrogen-bond acceptors (Lipinski definition) is 2. The van der Waals surface area contributed by atoms with Crippen LogP contribution in [0.15, 0.2) is 16.7 Å². The van der Waals surface area contributed by atoms with Gasteiger partial charge in [0.05, 0.1) is 6.26 Å². The Morgan fingerprint density at radius 1 is 1.47 bits per heavy atom. The molecule has 0 radical (unpaired) electrons. The fourth-order valence-corrected chi connectivity index (χ4v) is 3.14. The van der Waals surface area contributed by atoms with Gasteiger partial charge in [0.15, 0.2) is 0 Å². The van der Waals surface area contributed by atoms with Crippen LogP contribution < -0.4 is 5.32 Å². The van der Waals surface area contributed by atoms with Crippen LogP contribution in [0.1, 0.15) is 56.9 Å². The SMILES string of the molecule is CC(C)C1(CNC2CCCc3occc32)CC1. The molecule has 1 unspecified atom stereocenters. The van der Waals surface area contributed by atoms with Crippen LogP contribution in [0.5, 0.6) is 0 Å². The molecular weight excluding hydrogens is 210 g/mol. The van der Waals surface area contributed by atoms with Crippen LogP contribution in [0, 0.1) is 11.3 Å². The Labute approximate surface area is 104 Å². The molecule has 0 saturated heterocycles. The van der Waals surface area contributed by atoms with Crippen LogP contribution in [-0.2, 0) is 6.42 Å². The third-order valence-electron chi connectivity index (χ3n) is 4.87. The topological polar surface area (TPSA) is 25.2 Å². The molecule has 0 aliphatic heterocycles. The van der Waals surface area contributed by atoms with Crippen LogP contribution in [0.2, 0.25) is 0 Å². The summed E-state index contributed by atoms with van der Waals surface area (Å²) in [5.74, 6) is 2.02. The van der Waals surface area contributed by atoms with Crippen molar-refractivity contribution >= 4 is 0 Å². The van der Waals surface area contributed by atoms with E-state index in [1.165, 1.54) is 43.6 Å². The average molecular weight is 233 g/mol. The van der Waals surface area contributed by atoms with Gasteiger partial charge in [0, 0.05) is 24.6 Å². The van der Waals surface area contributed by atoms with Crippen LogP contribution >= 0.6 is 0 Å². The first-order chi connectivity index (χ1) is 8.21. The second kappa shape index (κ2) is 4.16. The minimum absolute atomic E-state index is 0.536. The summed E-state index contributed by atoms with van der Waals surface area (Å²) in [5, 5.41) is 3.79. The fourth-order valence-electron chi connectivity index (χ4n) is 3.14. The second-order valence-corrected chi connectivity index (χ2v) is 6.14. The molecule has 2 aliphatic carbocycles. The Balaban J connectivity index is 1.64. The van der Waals surface area contributed by atoms with E-state index >= 15 is 0 Å². The molecule has 2 heteroatoms. The van der Waals surface area contributed by atoms with Gasteiger partial charge in [0.2, 0.25) is 0 Å². The third-order valence-corrected chi connectivity index (χ3v) is 4.87. The van der Waals surface area contributed by atoms with Gasteiger partial charge >= 0.3 is 0 Å². The first kappa shape index (κ1) is 11.3. The van der Waals surface area contributed by atoms with Gasteiger partial charge in [0.25, 0.3) is 0 Å². The molecule has 0 amide bonds. The molecule has 94 valence electrons. The summed E-state index contributed by atoms with van der Waals surface area (Å²) in [6.45, 7) is 5.90. The fraction of sp³-hybridized carbons (Fsp3) is 0.733. The van der Waals surface area contributed by atoms with E-state index in [9.17, 15) is 0 Å². The summed E-state index contributed by atoms with van der Waals surface area (Å²) >= 11 is 0. The van der Waals surface area contributed by atoms with Crippen LogP contribution in [0.25, 0.3) is 0 Å². The predicted molar refractivity (Wildman–Crippen MR) is 68.9 cm³/mol. The highest BCUT2D eigenvalue weighted by molar-refractivity contribution is 5.24. The molecular formula is C15H23NO. The zero-order chi connectivity index (χ0) is 11.9. The van der Waals surface area contributed by atoms with Crippen LogP contribution in [0.3, 0.4) is 0 Å². The van der Waals surface area contributed by atoms with Gasteiger partial charge in [0.1, 0.15) is 5.76 Å². The molecule has 1 heterocycles. The molecule has 0 spiro atoms. The molecule has 1 fully saturated rings. The van der Waals surface area contributed by atoms with Gasteiger partial charge in [-0.15, -0.1) is 0 Å². The van der Waals surface area contributed by atoms with Crippen LogP contribution in [0.4, 0.5) is 0 Å². The van der Waals surface area contributed by atoms with Gasteiger partial charge in [-0.2, -0.15) is 0 Å². The average Bonchev–Trinajstić information content (AvgIpc) is 2.96. The molecule has 2 nitrogen and oxygen atoms in total. The number of furan rings is 1. The standard InChI is InChI=1S/C15H23NO/c1-11(2)15(7-8-15)10-16-13-4-3-5-14-12(13)6-9-17-14/h6,9,11,13,16H,3-5,7-8,10H2,1-2H3. The Bertz CT molecular complexity index is 389. The van der Waals surface area contributed by atoms with E-state index in [4.69, 9.17) is 4.42 Å². The van der Waals surface area contributed by atoms with Crippen molar-refractivity contribution < 1.29 is 4.42 Å². The van der Waals surface area contributed by atoms with Gasteiger partial charge in [-0.3, -0.25) is 0 Å². The lowest BCUT2D eigenvalue weighted by atomic mass is 9.89. The summed E-state index contributed by atoms with van der Waals surface area (Å²) in [5.41, 5.74) is 2.01. The molecule has 1 aromatic rings. The number of rotatable bonds is 4. The van der Waals surface area contributed by atoms with Crippen molar-refractivity contribution in [2.75, 3.05) is 6.54 Å². The minimum atomic E-state index is 0.536. The monoisotopic (exact) mass is 233 g/mol. The molecule has 1 saturated carbocycles. The maximum atomic E-state index is 5.54. The predicted octanol–water partition coefficient (Wildman–Crippen LogP) is 3.68. The quantitative estimate of drug-likeness (QED) is 0.858.